The minimum atomic E-state index is 0.563. The number of aromatic amines is 1. The van der Waals surface area contributed by atoms with Gasteiger partial charge in [0.1, 0.15) is 6.07 Å². The number of H-pyrrole nitrogens is 1. The van der Waals surface area contributed by atoms with E-state index < -0.39 is 0 Å². The lowest BCUT2D eigenvalue weighted by Crippen LogP contribution is -2.04. The maximum atomic E-state index is 9.78. The second-order valence-electron chi connectivity index (χ2n) is 8.41. The molecule has 2 aromatic heterocycles. The number of rotatable bonds is 7. The molecule has 0 bridgehead atoms. The molecule has 0 aliphatic heterocycles. The highest BCUT2D eigenvalue weighted by molar-refractivity contribution is 5.89. The van der Waals surface area contributed by atoms with Gasteiger partial charge >= 0.3 is 0 Å². The molecule has 4 nitrogen and oxygen atoms in total. The number of nitrogens with one attached hydrogen (secondary N) is 2. The number of hydrogen-bond donors (Lipinski definition) is 2. The molecule has 34 heavy (non-hydrogen) atoms. The van der Waals surface area contributed by atoms with Gasteiger partial charge in [0.15, 0.2) is 0 Å². The third-order valence-electron chi connectivity index (χ3n) is 6.35. The molecule has 0 fully saturated rings. The van der Waals surface area contributed by atoms with Crippen molar-refractivity contribution in [2.75, 3.05) is 5.32 Å². The van der Waals surface area contributed by atoms with E-state index in [1.165, 1.54) is 27.6 Å². The number of nitriles is 1. The maximum Gasteiger partial charge on any atom is 0.103 e. The van der Waals surface area contributed by atoms with E-state index in [1.54, 1.807) is 6.20 Å². The van der Waals surface area contributed by atoms with Crippen LogP contribution >= 0.6 is 0 Å². The van der Waals surface area contributed by atoms with Crippen LogP contribution in [0.1, 0.15) is 29.2 Å². The van der Waals surface area contributed by atoms with Crippen molar-refractivity contribution in [3.8, 4) is 17.2 Å². The fourth-order valence-corrected chi connectivity index (χ4v) is 4.53. The monoisotopic (exact) mass is 442 g/mol. The molecule has 5 aromatic rings. The summed E-state index contributed by atoms with van der Waals surface area (Å²) in [6, 6.07) is 27.7. The zero-order valence-corrected chi connectivity index (χ0v) is 19.2. The first kappa shape index (κ1) is 21.5. The summed E-state index contributed by atoms with van der Waals surface area (Å²) < 4.78 is 0. The number of anilines is 2. The summed E-state index contributed by atoms with van der Waals surface area (Å²) in [7, 11) is 0. The molecule has 0 atom stereocenters. The summed E-state index contributed by atoms with van der Waals surface area (Å²) in [5.74, 6) is 0. The van der Waals surface area contributed by atoms with E-state index in [9.17, 15) is 5.26 Å². The van der Waals surface area contributed by atoms with Crippen molar-refractivity contribution in [1.82, 2.24) is 9.97 Å². The van der Waals surface area contributed by atoms with Gasteiger partial charge in [-0.05, 0) is 65.3 Å². The van der Waals surface area contributed by atoms with E-state index in [2.05, 4.69) is 95.0 Å². The number of benzene rings is 3. The second kappa shape index (κ2) is 9.64. The van der Waals surface area contributed by atoms with Gasteiger partial charge in [0, 0.05) is 35.2 Å². The van der Waals surface area contributed by atoms with E-state index in [0.717, 1.165) is 41.7 Å². The Labute approximate surface area is 199 Å². The van der Waals surface area contributed by atoms with Gasteiger partial charge in [0.25, 0.3) is 0 Å². The van der Waals surface area contributed by atoms with Gasteiger partial charge in [0.2, 0.25) is 0 Å². The van der Waals surface area contributed by atoms with Crippen LogP contribution in [0.25, 0.3) is 22.0 Å². The van der Waals surface area contributed by atoms with Crippen molar-refractivity contribution in [1.29, 1.82) is 5.26 Å². The standard InChI is InChI=1S/C30H26N4/c1-2-26-27-16-17-33-28(27)14-15-29(26)34-30-24(19-32-20-25(30)18-31)13-10-21-8-11-23(12-9-21)22-6-4-3-5-7-22/h3-9,11-12,14-17,19-20,33H,2,10,13H2,1H3,(H,32,34). The van der Waals surface area contributed by atoms with Gasteiger partial charge in [-0.25, -0.2) is 0 Å². The topological polar surface area (TPSA) is 64.5 Å². The van der Waals surface area contributed by atoms with Crippen LogP contribution in [0.5, 0.6) is 0 Å². The zero-order valence-electron chi connectivity index (χ0n) is 19.2. The molecule has 2 N–H and O–H groups in total. The van der Waals surface area contributed by atoms with Crippen LogP contribution in [-0.2, 0) is 19.3 Å². The van der Waals surface area contributed by atoms with Crippen LogP contribution in [0.15, 0.2) is 91.4 Å². The predicted molar refractivity (Wildman–Crippen MR) is 139 cm³/mol. The van der Waals surface area contributed by atoms with Crippen molar-refractivity contribution in [2.24, 2.45) is 0 Å². The predicted octanol–water partition coefficient (Wildman–Crippen LogP) is 7.19. The molecule has 2 heterocycles. The molecule has 0 unspecified atom stereocenters. The van der Waals surface area contributed by atoms with Crippen molar-refractivity contribution in [2.45, 2.75) is 26.2 Å². The van der Waals surface area contributed by atoms with E-state index >= 15 is 0 Å². The summed E-state index contributed by atoms with van der Waals surface area (Å²) in [5, 5.41) is 14.6. The van der Waals surface area contributed by atoms with E-state index in [0.29, 0.717) is 5.56 Å². The first-order valence-corrected chi connectivity index (χ1v) is 11.6. The lowest BCUT2D eigenvalue weighted by atomic mass is 9.99. The Morgan fingerprint density at radius 3 is 2.44 bits per heavy atom. The SMILES string of the molecule is CCc1c(Nc2c(C#N)cncc2CCc2ccc(-c3ccccc3)cc2)ccc2[nH]ccc12. The number of nitrogens with zero attached hydrogens (tertiary/aromatic N) is 2. The highest BCUT2D eigenvalue weighted by atomic mass is 14.9. The van der Waals surface area contributed by atoms with Gasteiger partial charge in [0.05, 0.1) is 11.3 Å². The minimum absolute atomic E-state index is 0.563. The molecule has 0 amide bonds. The summed E-state index contributed by atoms with van der Waals surface area (Å²) in [5.41, 5.74) is 9.55. The van der Waals surface area contributed by atoms with Gasteiger partial charge in [-0.15, -0.1) is 0 Å². The van der Waals surface area contributed by atoms with Gasteiger partial charge in [-0.1, -0.05) is 61.5 Å². The molecular weight excluding hydrogens is 416 g/mol. The molecule has 4 heteroatoms. The fraction of sp³-hybridized carbons (Fsp3) is 0.133. The number of hydrogen-bond acceptors (Lipinski definition) is 3. The van der Waals surface area contributed by atoms with Crippen LogP contribution in [0, 0.1) is 11.3 Å². The lowest BCUT2D eigenvalue weighted by molar-refractivity contribution is 0.950. The Balaban J connectivity index is 1.40. The Morgan fingerprint density at radius 1 is 0.882 bits per heavy atom. The summed E-state index contributed by atoms with van der Waals surface area (Å²) in [6.45, 7) is 2.16. The molecule has 0 saturated carbocycles. The van der Waals surface area contributed by atoms with Crippen LogP contribution < -0.4 is 5.32 Å². The highest BCUT2D eigenvalue weighted by Gasteiger charge is 2.13. The fourth-order valence-electron chi connectivity index (χ4n) is 4.53. The average Bonchev–Trinajstić information content (AvgIpc) is 3.38. The van der Waals surface area contributed by atoms with E-state index in [-0.39, 0.29) is 0 Å². The average molecular weight is 443 g/mol. The van der Waals surface area contributed by atoms with Crippen LogP contribution in [0.2, 0.25) is 0 Å². The first-order valence-electron chi connectivity index (χ1n) is 11.6. The van der Waals surface area contributed by atoms with E-state index in [4.69, 9.17) is 0 Å². The molecule has 0 saturated heterocycles. The van der Waals surface area contributed by atoms with Crippen molar-refractivity contribution >= 4 is 22.3 Å². The van der Waals surface area contributed by atoms with Crippen molar-refractivity contribution in [3.63, 3.8) is 0 Å². The number of aromatic nitrogens is 2. The molecule has 166 valence electrons. The largest absolute Gasteiger partial charge is 0.361 e. The van der Waals surface area contributed by atoms with Crippen LogP contribution in [0.4, 0.5) is 11.4 Å². The Bertz CT molecular complexity index is 1460. The first-order chi connectivity index (χ1) is 16.8. The molecule has 0 aliphatic rings. The molecule has 0 spiro atoms. The molecule has 0 aliphatic carbocycles. The van der Waals surface area contributed by atoms with Gasteiger partial charge in [-0.3, -0.25) is 4.98 Å². The van der Waals surface area contributed by atoms with Crippen LogP contribution in [0.3, 0.4) is 0 Å². The molecular formula is C30H26N4. The summed E-state index contributed by atoms with van der Waals surface area (Å²) >= 11 is 0. The number of aryl methyl sites for hydroxylation is 3. The number of fused-ring (bicyclic) bond motifs is 1. The van der Waals surface area contributed by atoms with Gasteiger partial charge < -0.3 is 10.3 Å². The third-order valence-corrected chi connectivity index (χ3v) is 6.35. The highest BCUT2D eigenvalue weighted by Crippen LogP contribution is 2.32. The molecule has 3 aromatic carbocycles. The maximum absolute atomic E-state index is 9.78. The second-order valence-corrected chi connectivity index (χ2v) is 8.41. The molecule has 0 radical (unpaired) electrons. The Kier molecular flexibility index (Phi) is 6.09. The van der Waals surface area contributed by atoms with Gasteiger partial charge in [-0.2, -0.15) is 5.26 Å². The normalized spacial score (nSPS) is 10.8. The smallest absolute Gasteiger partial charge is 0.103 e. The van der Waals surface area contributed by atoms with Crippen LogP contribution in [-0.4, -0.2) is 9.97 Å². The lowest BCUT2D eigenvalue weighted by Gasteiger charge is -2.17. The minimum Gasteiger partial charge on any atom is -0.361 e. The number of pyridine rings is 1. The Morgan fingerprint density at radius 2 is 1.68 bits per heavy atom. The van der Waals surface area contributed by atoms with E-state index in [1.807, 2.05) is 18.5 Å². The third kappa shape index (κ3) is 4.29. The Hall–Kier alpha value is -4.36. The van der Waals surface area contributed by atoms with Crippen molar-refractivity contribution in [3.05, 3.63) is 114 Å². The van der Waals surface area contributed by atoms with Crippen molar-refractivity contribution < 1.29 is 0 Å². The quantitative estimate of drug-likeness (QED) is 0.280. The molecule has 5 rings (SSSR count). The summed E-state index contributed by atoms with van der Waals surface area (Å²) in [6.07, 6.45) is 8.05. The summed E-state index contributed by atoms with van der Waals surface area (Å²) in [4.78, 5) is 7.62. The zero-order chi connectivity index (χ0) is 23.3.